The van der Waals surface area contributed by atoms with Gasteiger partial charge in [-0.1, -0.05) is 22.6 Å². The summed E-state index contributed by atoms with van der Waals surface area (Å²) in [5.74, 6) is 0.102. The minimum Gasteiger partial charge on any atom is -0.378 e. The molecule has 3 N–H and O–H groups in total. The van der Waals surface area contributed by atoms with E-state index in [9.17, 15) is 9.18 Å². The van der Waals surface area contributed by atoms with E-state index in [0.29, 0.717) is 23.1 Å². The van der Waals surface area contributed by atoms with Crippen LogP contribution in [0.1, 0.15) is 15.2 Å². The molecular formula is C19H15FN6O2S. The number of anilines is 4. The Hall–Kier alpha value is -3.79. The lowest BCUT2D eigenvalue weighted by Gasteiger charge is -2.08. The second kappa shape index (κ2) is 8.48. The molecule has 0 bridgehead atoms. The molecule has 0 radical (unpaired) electrons. The van der Waals surface area contributed by atoms with Crippen LogP contribution in [0.3, 0.4) is 0 Å². The summed E-state index contributed by atoms with van der Waals surface area (Å²) in [6.45, 7) is 0.354. The largest absolute Gasteiger partial charge is 0.378 e. The molecule has 0 fully saturated rings. The van der Waals surface area contributed by atoms with Crippen molar-refractivity contribution >= 4 is 39.7 Å². The van der Waals surface area contributed by atoms with Crippen molar-refractivity contribution < 1.29 is 13.7 Å². The lowest BCUT2D eigenvalue weighted by Crippen LogP contribution is -2.13. The maximum absolute atomic E-state index is 14.2. The highest BCUT2D eigenvalue weighted by molar-refractivity contribution is 7.15. The van der Waals surface area contributed by atoms with E-state index < -0.39 is 11.7 Å². The van der Waals surface area contributed by atoms with Gasteiger partial charge in [0.2, 0.25) is 0 Å². The van der Waals surface area contributed by atoms with Crippen LogP contribution in [0.2, 0.25) is 0 Å². The van der Waals surface area contributed by atoms with Crippen molar-refractivity contribution in [3.8, 4) is 0 Å². The highest BCUT2D eigenvalue weighted by atomic mass is 32.1. The molecule has 0 atom stereocenters. The number of nitrogens with zero attached hydrogens (tertiary/aromatic N) is 3. The fraction of sp³-hybridized carbons (Fsp3) is 0.0526. The molecule has 4 aromatic rings. The summed E-state index contributed by atoms with van der Waals surface area (Å²) in [5.41, 5.74) is 0.504. The number of carbonyl (C=O) groups is 1. The van der Waals surface area contributed by atoms with Crippen LogP contribution in [0.25, 0.3) is 0 Å². The lowest BCUT2D eigenvalue weighted by molar-refractivity contribution is 0.102. The number of thiazole rings is 1. The summed E-state index contributed by atoms with van der Waals surface area (Å²) in [6.07, 6.45) is 4.73. The molecule has 0 aliphatic rings. The zero-order chi connectivity index (χ0) is 20.1. The Bertz CT molecular complexity index is 1100. The number of aromatic nitrogens is 3. The van der Waals surface area contributed by atoms with Gasteiger partial charge < -0.3 is 20.5 Å². The first kappa shape index (κ1) is 18.6. The number of hydrogen-bond acceptors (Lipinski definition) is 8. The molecule has 4 rings (SSSR count). The fourth-order valence-corrected chi connectivity index (χ4v) is 3.20. The van der Waals surface area contributed by atoms with Gasteiger partial charge in [-0.2, -0.15) is 0 Å². The lowest BCUT2D eigenvalue weighted by atomic mass is 10.1. The number of nitrogens with one attached hydrogen (secondary N) is 3. The quantitative estimate of drug-likeness (QED) is 0.418. The third kappa shape index (κ3) is 4.74. The summed E-state index contributed by atoms with van der Waals surface area (Å²) in [6, 6.07) is 11.1. The second-order valence-electron chi connectivity index (χ2n) is 5.86. The summed E-state index contributed by atoms with van der Waals surface area (Å²) >= 11 is 1.42. The Kier molecular flexibility index (Phi) is 5.43. The molecule has 3 heterocycles. The monoisotopic (exact) mass is 410 g/mol. The molecule has 1 aromatic carbocycles. The van der Waals surface area contributed by atoms with Crippen molar-refractivity contribution in [2.45, 2.75) is 6.54 Å². The third-order valence-electron chi connectivity index (χ3n) is 3.81. The van der Waals surface area contributed by atoms with E-state index in [2.05, 4.69) is 35.6 Å². The molecule has 0 aliphatic heterocycles. The number of benzene rings is 1. The van der Waals surface area contributed by atoms with Gasteiger partial charge in [-0.05, 0) is 30.3 Å². The average Bonchev–Trinajstić information content (AvgIpc) is 3.40. The van der Waals surface area contributed by atoms with Gasteiger partial charge in [-0.3, -0.25) is 4.79 Å². The van der Waals surface area contributed by atoms with Gasteiger partial charge >= 0.3 is 0 Å². The Morgan fingerprint density at radius 2 is 2.07 bits per heavy atom. The molecule has 0 unspecified atom stereocenters. The first-order chi connectivity index (χ1) is 14.2. The standard InChI is InChI=1S/C19H15FN6O2S/c20-14-5-4-12(18(27)24-17-6-8-28-26-17)9-15(14)22-10-13-11-23-19(29-13)25-16-3-1-2-7-21-16/h1-9,11,22H,10H2,(H,21,23,25)(H,24,26,27). The van der Waals surface area contributed by atoms with Gasteiger partial charge in [0, 0.05) is 28.9 Å². The zero-order valence-corrected chi connectivity index (χ0v) is 15.7. The number of rotatable bonds is 7. The van der Waals surface area contributed by atoms with Crippen molar-refractivity contribution in [1.29, 1.82) is 0 Å². The van der Waals surface area contributed by atoms with Crippen molar-refractivity contribution in [3.63, 3.8) is 0 Å². The summed E-state index contributed by atoms with van der Waals surface area (Å²) in [5, 5.41) is 13.0. The number of hydrogen-bond donors (Lipinski definition) is 3. The number of amides is 1. The van der Waals surface area contributed by atoms with Gasteiger partial charge in [-0.15, -0.1) is 0 Å². The SMILES string of the molecule is O=C(Nc1ccon1)c1ccc(F)c(NCc2cnc(Nc3ccccn3)s2)c1. The maximum atomic E-state index is 14.2. The van der Waals surface area contributed by atoms with Crippen LogP contribution in [0.15, 0.2) is 65.6 Å². The molecule has 3 aromatic heterocycles. The smallest absolute Gasteiger partial charge is 0.256 e. The molecule has 0 saturated carbocycles. The van der Waals surface area contributed by atoms with Gasteiger partial charge in [-0.25, -0.2) is 14.4 Å². The normalized spacial score (nSPS) is 10.5. The van der Waals surface area contributed by atoms with E-state index in [0.717, 1.165) is 4.88 Å². The van der Waals surface area contributed by atoms with E-state index >= 15 is 0 Å². The zero-order valence-electron chi connectivity index (χ0n) is 14.9. The first-order valence-electron chi connectivity index (χ1n) is 8.55. The van der Waals surface area contributed by atoms with Crippen molar-refractivity contribution in [2.75, 3.05) is 16.0 Å². The van der Waals surface area contributed by atoms with Gasteiger partial charge in [0.05, 0.1) is 12.2 Å². The van der Waals surface area contributed by atoms with Crippen molar-refractivity contribution in [1.82, 2.24) is 15.1 Å². The molecule has 1 amide bonds. The van der Waals surface area contributed by atoms with Crippen LogP contribution in [-0.2, 0) is 6.54 Å². The van der Waals surface area contributed by atoms with Gasteiger partial charge in [0.1, 0.15) is 17.9 Å². The third-order valence-corrected chi connectivity index (χ3v) is 4.73. The van der Waals surface area contributed by atoms with Crippen molar-refractivity contribution in [3.05, 3.63) is 77.4 Å². The molecule has 0 spiro atoms. The second-order valence-corrected chi connectivity index (χ2v) is 6.97. The predicted octanol–water partition coefficient (Wildman–Crippen LogP) is 4.27. The Labute approximate surface area is 168 Å². The topological polar surface area (TPSA) is 105 Å². The van der Waals surface area contributed by atoms with E-state index in [1.165, 1.54) is 41.9 Å². The molecular weight excluding hydrogens is 395 g/mol. The summed E-state index contributed by atoms with van der Waals surface area (Å²) < 4.78 is 18.8. The van der Waals surface area contributed by atoms with Crippen LogP contribution >= 0.6 is 11.3 Å². The molecule has 8 nitrogen and oxygen atoms in total. The van der Waals surface area contributed by atoms with Crippen LogP contribution in [0.5, 0.6) is 0 Å². The van der Waals surface area contributed by atoms with Crippen LogP contribution < -0.4 is 16.0 Å². The van der Waals surface area contributed by atoms with Crippen LogP contribution in [0.4, 0.5) is 26.8 Å². The summed E-state index contributed by atoms with van der Waals surface area (Å²) in [7, 11) is 0. The Balaban J connectivity index is 1.40. The predicted molar refractivity (Wildman–Crippen MR) is 108 cm³/mol. The van der Waals surface area contributed by atoms with E-state index in [1.807, 2.05) is 18.2 Å². The molecule has 29 heavy (non-hydrogen) atoms. The minimum atomic E-state index is -0.459. The van der Waals surface area contributed by atoms with Gasteiger partial charge in [0.25, 0.3) is 5.91 Å². The number of halogens is 1. The molecule has 0 saturated heterocycles. The first-order valence-corrected chi connectivity index (χ1v) is 9.37. The van der Waals surface area contributed by atoms with E-state index in [4.69, 9.17) is 0 Å². The Morgan fingerprint density at radius 3 is 2.86 bits per heavy atom. The minimum absolute atomic E-state index is 0.213. The highest BCUT2D eigenvalue weighted by Gasteiger charge is 2.12. The maximum Gasteiger partial charge on any atom is 0.256 e. The van der Waals surface area contributed by atoms with Gasteiger partial charge in [0.15, 0.2) is 10.9 Å². The van der Waals surface area contributed by atoms with Crippen LogP contribution in [-0.4, -0.2) is 21.0 Å². The number of carbonyl (C=O) groups excluding carboxylic acids is 1. The van der Waals surface area contributed by atoms with Crippen LogP contribution in [0, 0.1) is 5.82 Å². The highest BCUT2D eigenvalue weighted by Crippen LogP contribution is 2.23. The average molecular weight is 410 g/mol. The van der Waals surface area contributed by atoms with E-state index in [-0.39, 0.29) is 11.5 Å². The molecule has 0 aliphatic carbocycles. The fourth-order valence-electron chi connectivity index (χ4n) is 2.44. The molecule has 10 heteroatoms. The van der Waals surface area contributed by atoms with Crippen molar-refractivity contribution in [2.24, 2.45) is 0 Å². The summed E-state index contributed by atoms with van der Waals surface area (Å²) in [4.78, 5) is 21.6. The molecule has 146 valence electrons. The van der Waals surface area contributed by atoms with E-state index in [1.54, 1.807) is 12.4 Å². The Morgan fingerprint density at radius 1 is 1.14 bits per heavy atom. The number of pyridine rings is 1.